The second kappa shape index (κ2) is 12.8. The van der Waals surface area contributed by atoms with Gasteiger partial charge in [-0.25, -0.2) is 13.1 Å². The molecule has 1 aromatic carbocycles. The lowest BCUT2D eigenvalue weighted by atomic mass is 9.97. The van der Waals surface area contributed by atoms with Gasteiger partial charge in [0.2, 0.25) is 21.8 Å². The summed E-state index contributed by atoms with van der Waals surface area (Å²) in [5.41, 5.74) is 3.27. The van der Waals surface area contributed by atoms with Crippen LogP contribution in [0.4, 0.5) is 0 Å². The van der Waals surface area contributed by atoms with Gasteiger partial charge in [-0.05, 0) is 43.6 Å². The fourth-order valence-electron chi connectivity index (χ4n) is 4.58. The van der Waals surface area contributed by atoms with E-state index in [9.17, 15) is 18.0 Å². The van der Waals surface area contributed by atoms with E-state index in [0.717, 1.165) is 37.8 Å². The highest BCUT2D eigenvalue weighted by atomic mass is 32.2. The van der Waals surface area contributed by atoms with E-state index in [-0.39, 0.29) is 18.2 Å². The number of hydrazone groups is 1. The van der Waals surface area contributed by atoms with Crippen LogP contribution in [0, 0.1) is 5.92 Å². The summed E-state index contributed by atoms with van der Waals surface area (Å²) in [5, 5.41) is 6.96. The van der Waals surface area contributed by atoms with E-state index in [1.165, 1.54) is 12.0 Å². The van der Waals surface area contributed by atoms with Crippen LogP contribution in [0.1, 0.15) is 31.2 Å². The largest absolute Gasteiger partial charge is 0.361 e. The molecule has 2 amide bonds. The molecule has 0 spiro atoms. The van der Waals surface area contributed by atoms with Gasteiger partial charge in [-0.15, -0.1) is 5.10 Å². The second-order valence-corrected chi connectivity index (χ2v) is 10.9. The average Bonchev–Trinajstić information content (AvgIpc) is 3.32. The summed E-state index contributed by atoms with van der Waals surface area (Å²) in [5.74, 6) is -0.196. The summed E-state index contributed by atoms with van der Waals surface area (Å²) in [6.07, 6.45) is 6.08. The quantitative estimate of drug-likeness (QED) is 0.219. The minimum Gasteiger partial charge on any atom is -0.361 e. The fraction of sp³-hybridized carbons (Fsp3) is 0.609. The van der Waals surface area contributed by atoms with E-state index in [1.54, 1.807) is 6.34 Å². The van der Waals surface area contributed by atoms with Crippen LogP contribution >= 0.6 is 0 Å². The van der Waals surface area contributed by atoms with Gasteiger partial charge < -0.3 is 15.1 Å². The number of nitrogens with zero attached hydrogens (tertiary/aromatic N) is 3. The van der Waals surface area contributed by atoms with Crippen molar-refractivity contribution in [3.8, 4) is 0 Å². The molecule has 11 nitrogen and oxygen atoms in total. The number of carbonyl (C=O) groups is 2. The summed E-state index contributed by atoms with van der Waals surface area (Å²) >= 11 is 0. The van der Waals surface area contributed by atoms with Crippen LogP contribution in [0.5, 0.6) is 0 Å². The summed E-state index contributed by atoms with van der Waals surface area (Å²) < 4.78 is 26.4. The highest BCUT2D eigenvalue weighted by Crippen LogP contribution is 2.21. The zero-order valence-corrected chi connectivity index (χ0v) is 21.2. The predicted molar refractivity (Wildman–Crippen MR) is 133 cm³/mol. The third-order valence-corrected chi connectivity index (χ3v) is 7.07. The number of amides is 2. The molecule has 0 aliphatic carbocycles. The Labute approximate surface area is 207 Å². The monoisotopic (exact) mass is 508 g/mol. The molecule has 2 saturated heterocycles. The van der Waals surface area contributed by atoms with E-state index in [1.807, 2.05) is 30.3 Å². The lowest BCUT2D eigenvalue weighted by Crippen LogP contribution is -2.54. The molecular weight excluding hydrogens is 472 g/mol. The molecule has 12 heteroatoms. The van der Waals surface area contributed by atoms with E-state index in [4.69, 9.17) is 0 Å². The first-order chi connectivity index (χ1) is 16.8. The van der Waals surface area contributed by atoms with Crippen LogP contribution in [-0.2, 0) is 30.9 Å². The number of benzene rings is 1. The van der Waals surface area contributed by atoms with Gasteiger partial charge in [-0.3, -0.25) is 14.4 Å². The maximum Gasteiger partial charge on any atom is 0.242 e. The number of likely N-dealkylation sites (tertiary alicyclic amines) is 2. The molecule has 2 heterocycles. The first-order valence-corrected chi connectivity index (χ1v) is 13.8. The molecule has 2 fully saturated rings. The van der Waals surface area contributed by atoms with Gasteiger partial charge in [0.25, 0.3) is 0 Å². The van der Waals surface area contributed by atoms with Crippen molar-refractivity contribution in [2.75, 3.05) is 39.5 Å². The molecule has 35 heavy (non-hydrogen) atoms. The van der Waals surface area contributed by atoms with Gasteiger partial charge in [0, 0.05) is 26.2 Å². The lowest BCUT2D eigenvalue weighted by Gasteiger charge is -2.31. The second-order valence-electron chi connectivity index (χ2n) is 9.09. The van der Waals surface area contributed by atoms with Crippen LogP contribution in [0.3, 0.4) is 0 Å². The number of piperidine rings is 1. The van der Waals surface area contributed by atoms with Crippen LogP contribution in [-0.4, -0.2) is 88.0 Å². The molecule has 1 aromatic rings. The molecular formula is C23H36N6O5S. The summed E-state index contributed by atoms with van der Waals surface area (Å²) in [6, 6.07) is 7.71. The Morgan fingerprint density at radius 2 is 1.89 bits per heavy atom. The third kappa shape index (κ3) is 8.48. The summed E-state index contributed by atoms with van der Waals surface area (Å²) in [6.45, 7) is 2.65. The Morgan fingerprint density at radius 3 is 2.54 bits per heavy atom. The molecule has 0 saturated carbocycles. The highest BCUT2D eigenvalue weighted by Gasteiger charge is 2.38. The average molecular weight is 509 g/mol. The fourth-order valence-corrected chi connectivity index (χ4v) is 5.29. The van der Waals surface area contributed by atoms with E-state index >= 15 is 0 Å². The first kappa shape index (κ1) is 26.9. The highest BCUT2D eigenvalue weighted by molar-refractivity contribution is 7.88. The van der Waals surface area contributed by atoms with Crippen LogP contribution in [0.15, 0.2) is 35.4 Å². The van der Waals surface area contributed by atoms with Crippen molar-refractivity contribution in [1.29, 1.82) is 0 Å². The van der Waals surface area contributed by atoms with Crippen molar-refractivity contribution in [1.82, 2.24) is 25.4 Å². The molecule has 0 unspecified atom stereocenters. The van der Waals surface area contributed by atoms with Gasteiger partial charge in [0.1, 0.15) is 18.4 Å². The lowest BCUT2D eigenvalue weighted by molar-refractivity contribution is -0.139. The summed E-state index contributed by atoms with van der Waals surface area (Å²) in [7, 11) is -2.12. The number of carbonyl (C=O) groups excluding carboxylic acids is 2. The summed E-state index contributed by atoms with van der Waals surface area (Å²) in [4.78, 5) is 34.7. The van der Waals surface area contributed by atoms with Crippen LogP contribution < -0.4 is 15.6 Å². The van der Waals surface area contributed by atoms with Crippen LogP contribution in [0.2, 0.25) is 0 Å². The topological polar surface area (TPSA) is 132 Å². The van der Waals surface area contributed by atoms with Crippen molar-refractivity contribution < 1.29 is 22.8 Å². The number of hydrogen-bond acceptors (Lipinski definition) is 7. The molecule has 2 aliphatic heterocycles. The Balaban J connectivity index is 1.55. The van der Waals surface area contributed by atoms with Crippen molar-refractivity contribution in [2.45, 2.75) is 44.2 Å². The first-order valence-electron chi connectivity index (χ1n) is 11.9. The Hall–Kier alpha value is -2.70. The molecule has 3 N–H and O–H groups in total. The molecule has 2 aliphatic rings. The predicted octanol–water partition coefficient (Wildman–Crippen LogP) is 0.0604. The van der Waals surface area contributed by atoms with Gasteiger partial charge in [0.15, 0.2) is 0 Å². The Bertz CT molecular complexity index is 966. The minimum absolute atomic E-state index is 0.179. The smallest absolute Gasteiger partial charge is 0.242 e. The van der Waals surface area contributed by atoms with Gasteiger partial charge in [0.05, 0.1) is 13.4 Å². The normalized spacial score (nSPS) is 20.2. The van der Waals surface area contributed by atoms with E-state index in [2.05, 4.69) is 30.5 Å². The van der Waals surface area contributed by atoms with Crippen molar-refractivity contribution in [3.05, 3.63) is 35.9 Å². The standard InChI is InChI=1S/C23H36N6O5S/c1-34-27-25-17-28-13-10-19(11-14-28)16-24-22(30)21-9-6-12-29(21)23(31)20(26-35(2,32)33)15-18-7-4-3-5-8-18/h3-5,7-8,17,19-21,26-27H,6,9-16H2,1-2H3,(H,24,30)/t20-,21+/m1/s1. The number of rotatable bonds is 11. The number of hydrogen-bond donors (Lipinski definition) is 3. The van der Waals surface area contributed by atoms with Crippen molar-refractivity contribution in [3.63, 3.8) is 0 Å². The van der Waals surface area contributed by atoms with Crippen molar-refractivity contribution in [2.24, 2.45) is 11.0 Å². The number of sulfonamides is 1. The van der Waals surface area contributed by atoms with E-state index < -0.39 is 22.1 Å². The van der Waals surface area contributed by atoms with Gasteiger partial charge >= 0.3 is 0 Å². The molecule has 2 atom stereocenters. The molecule has 0 radical (unpaired) electrons. The van der Waals surface area contributed by atoms with Gasteiger partial charge in [-0.1, -0.05) is 30.3 Å². The maximum absolute atomic E-state index is 13.4. The Kier molecular flexibility index (Phi) is 9.87. The maximum atomic E-state index is 13.4. The van der Waals surface area contributed by atoms with E-state index in [0.29, 0.717) is 31.8 Å². The van der Waals surface area contributed by atoms with Crippen molar-refractivity contribution >= 4 is 28.2 Å². The third-order valence-electron chi connectivity index (χ3n) is 6.35. The molecule has 0 aromatic heterocycles. The van der Waals surface area contributed by atoms with Gasteiger partial charge in [-0.2, -0.15) is 5.59 Å². The van der Waals surface area contributed by atoms with Crippen LogP contribution in [0.25, 0.3) is 0 Å². The molecule has 0 bridgehead atoms. The molecule has 3 rings (SSSR count). The zero-order chi connectivity index (χ0) is 25.3. The zero-order valence-electron chi connectivity index (χ0n) is 20.4. The molecule has 194 valence electrons. The SMILES string of the molecule is CONN=CN1CCC(CNC(=O)[C@@H]2CCCN2C(=O)[C@@H](Cc2ccccc2)NS(C)(=O)=O)CC1. The number of nitrogens with one attached hydrogen (secondary N) is 3. The Morgan fingerprint density at radius 1 is 1.17 bits per heavy atom. The minimum atomic E-state index is -3.61.